The summed E-state index contributed by atoms with van der Waals surface area (Å²) in [6.07, 6.45) is 0.819. The van der Waals surface area contributed by atoms with Gasteiger partial charge in [0.1, 0.15) is 5.54 Å². The standard InChI is InChI=1S/C8H17N3O/c1-3-8(7(12)9-2)6-10-4-5-11-8/h10-11H,3-6H2,1-2H3,(H,9,12). The summed E-state index contributed by atoms with van der Waals surface area (Å²) in [6, 6.07) is 0. The summed E-state index contributed by atoms with van der Waals surface area (Å²) < 4.78 is 0. The first-order chi connectivity index (χ1) is 5.75. The van der Waals surface area contributed by atoms with Gasteiger partial charge >= 0.3 is 0 Å². The van der Waals surface area contributed by atoms with E-state index in [1.165, 1.54) is 0 Å². The number of hydrogen-bond donors (Lipinski definition) is 3. The second-order valence-corrected chi connectivity index (χ2v) is 3.12. The molecule has 0 aromatic carbocycles. The lowest BCUT2D eigenvalue weighted by Gasteiger charge is -2.36. The molecule has 0 spiro atoms. The molecule has 0 radical (unpaired) electrons. The molecule has 0 saturated carbocycles. The number of amides is 1. The topological polar surface area (TPSA) is 53.2 Å². The highest BCUT2D eigenvalue weighted by atomic mass is 16.2. The van der Waals surface area contributed by atoms with Crippen LogP contribution in [0.5, 0.6) is 0 Å². The molecule has 1 saturated heterocycles. The van der Waals surface area contributed by atoms with E-state index < -0.39 is 0 Å². The highest BCUT2D eigenvalue weighted by Gasteiger charge is 2.36. The molecule has 1 aliphatic rings. The molecule has 3 N–H and O–H groups in total. The third-order valence-electron chi connectivity index (χ3n) is 2.46. The number of hydrogen-bond acceptors (Lipinski definition) is 3. The molecule has 70 valence electrons. The van der Waals surface area contributed by atoms with Crippen LogP contribution in [0.25, 0.3) is 0 Å². The van der Waals surface area contributed by atoms with E-state index in [9.17, 15) is 4.79 Å². The van der Waals surface area contributed by atoms with Crippen molar-refractivity contribution < 1.29 is 4.79 Å². The fraction of sp³-hybridized carbons (Fsp3) is 0.875. The lowest BCUT2D eigenvalue weighted by atomic mass is 9.93. The van der Waals surface area contributed by atoms with Crippen molar-refractivity contribution in [3.63, 3.8) is 0 Å². The molecule has 1 unspecified atom stereocenters. The van der Waals surface area contributed by atoms with Gasteiger partial charge in [-0.2, -0.15) is 0 Å². The zero-order valence-electron chi connectivity index (χ0n) is 7.74. The van der Waals surface area contributed by atoms with Crippen LogP contribution in [-0.4, -0.2) is 38.1 Å². The molecule has 1 amide bonds. The summed E-state index contributed by atoms with van der Waals surface area (Å²) in [7, 11) is 1.68. The average molecular weight is 171 g/mol. The van der Waals surface area contributed by atoms with Gasteiger partial charge in [-0.15, -0.1) is 0 Å². The van der Waals surface area contributed by atoms with Crippen molar-refractivity contribution in [1.29, 1.82) is 0 Å². The van der Waals surface area contributed by atoms with Gasteiger partial charge in [0.25, 0.3) is 0 Å². The summed E-state index contributed by atoms with van der Waals surface area (Å²) in [5, 5.41) is 9.16. The van der Waals surface area contributed by atoms with E-state index in [-0.39, 0.29) is 11.4 Å². The number of carbonyl (C=O) groups is 1. The van der Waals surface area contributed by atoms with Crippen LogP contribution in [-0.2, 0) is 4.79 Å². The Balaban J connectivity index is 2.66. The molecule has 1 aliphatic heterocycles. The van der Waals surface area contributed by atoms with Crippen molar-refractivity contribution in [2.24, 2.45) is 0 Å². The fourth-order valence-corrected chi connectivity index (χ4v) is 1.56. The number of piperazine rings is 1. The number of carbonyl (C=O) groups excluding carboxylic acids is 1. The maximum atomic E-state index is 11.5. The maximum Gasteiger partial charge on any atom is 0.241 e. The van der Waals surface area contributed by atoms with Crippen molar-refractivity contribution in [1.82, 2.24) is 16.0 Å². The lowest BCUT2D eigenvalue weighted by molar-refractivity contribution is -0.127. The van der Waals surface area contributed by atoms with E-state index in [1.54, 1.807) is 7.05 Å². The molecule has 0 aliphatic carbocycles. The Morgan fingerprint density at radius 2 is 2.33 bits per heavy atom. The Morgan fingerprint density at radius 1 is 1.58 bits per heavy atom. The molecule has 0 bridgehead atoms. The molecule has 4 heteroatoms. The monoisotopic (exact) mass is 171 g/mol. The SMILES string of the molecule is CCC1(C(=O)NC)CNCCN1. The van der Waals surface area contributed by atoms with Gasteiger partial charge in [0.15, 0.2) is 0 Å². The van der Waals surface area contributed by atoms with Crippen LogP contribution in [0.1, 0.15) is 13.3 Å². The van der Waals surface area contributed by atoms with Gasteiger partial charge in [-0.1, -0.05) is 6.92 Å². The minimum absolute atomic E-state index is 0.0807. The Morgan fingerprint density at radius 3 is 2.75 bits per heavy atom. The molecule has 0 aromatic rings. The second kappa shape index (κ2) is 3.87. The zero-order chi connectivity index (χ0) is 9.03. The van der Waals surface area contributed by atoms with Crippen molar-refractivity contribution in [2.45, 2.75) is 18.9 Å². The van der Waals surface area contributed by atoms with Gasteiger partial charge in [-0.05, 0) is 6.42 Å². The van der Waals surface area contributed by atoms with Gasteiger partial charge in [0.2, 0.25) is 5.91 Å². The Hall–Kier alpha value is -0.610. The summed E-state index contributed by atoms with van der Waals surface area (Å²) in [5.74, 6) is 0.0807. The Bertz CT molecular complexity index is 164. The van der Waals surface area contributed by atoms with Crippen LogP contribution in [0.3, 0.4) is 0 Å². The summed E-state index contributed by atoms with van der Waals surface area (Å²) in [6.45, 7) is 4.55. The quantitative estimate of drug-likeness (QED) is 0.503. The van der Waals surface area contributed by atoms with Crippen LogP contribution < -0.4 is 16.0 Å². The van der Waals surface area contributed by atoms with Gasteiger partial charge in [0.05, 0.1) is 0 Å². The second-order valence-electron chi connectivity index (χ2n) is 3.12. The molecular formula is C8H17N3O. The van der Waals surface area contributed by atoms with Crippen molar-refractivity contribution in [2.75, 3.05) is 26.7 Å². The number of likely N-dealkylation sites (N-methyl/N-ethyl adjacent to an activating group) is 1. The van der Waals surface area contributed by atoms with Crippen molar-refractivity contribution >= 4 is 5.91 Å². The minimum atomic E-state index is -0.382. The van der Waals surface area contributed by atoms with Gasteiger partial charge in [0, 0.05) is 26.7 Å². The van der Waals surface area contributed by atoms with Crippen LogP contribution in [0.4, 0.5) is 0 Å². The number of rotatable bonds is 2. The molecule has 1 rings (SSSR count). The third kappa shape index (κ3) is 1.59. The van der Waals surface area contributed by atoms with Crippen LogP contribution >= 0.6 is 0 Å². The van der Waals surface area contributed by atoms with Crippen molar-refractivity contribution in [3.05, 3.63) is 0 Å². The first-order valence-corrected chi connectivity index (χ1v) is 4.43. The van der Waals surface area contributed by atoms with Gasteiger partial charge in [-0.25, -0.2) is 0 Å². The largest absolute Gasteiger partial charge is 0.358 e. The predicted octanol–water partition coefficient (Wildman–Crippen LogP) is -0.926. The fourth-order valence-electron chi connectivity index (χ4n) is 1.56. The minimum Gasteiger partial charge on any atom is -0.358 e. The zero-order valence-corrected chi connectivity index (χ0v) is 7.74. The Labute approximate surface area is 73.1 Å². The first kappa shape index (κ1) is 9.48. The molecule has 1 fully saturated rings. The Kier molecular flexibility index (Phi) is 3.05. The normalized spacial score (nSPS) is 29.8. The molecule has 12 heavy (non-hydrogen) atoms. The van der Waals surface area contributed by atoms with E-state index in [1.807, 2.05) is 6.92 Å². The third-order valence-corrected chi connectivity index (χ3v) is 2.46. The van der Waals surface area contributed by atoms with Crippen LogP contribution in [0.2, 0.25) is 0 Å². The van der Waals surface area contributed by atoms with Gasteiger partial charge < -0.3 is 16.0 Å². The summed E-state index contributed by atoms with van der Waals surface area (Å²) >= 11 is 0. The van der Waals surface area contributed by atoms with Gasteiger partial charge in [-0.3, -0.25) is 4.79 Å². The van der Waals surface area contributed by atoms with Crippen molar-refractivity contribution in [3.8, 4) is 0 Å². The molecule has 0 aromatic heterocycles. The highest BCUT2D eigenvalue weighted by molar-refractivity contribution is 5.86. The highest BCUT2D eigenvalue weighted by Crippen LogP contribution is 2.10. The first-order valence-electron chi connectivity index (χ1n) is 4.43. The van der Waals surface area contributed by atoms with E-state index in [4.69, 9.17) is 0 Å². The average Bonchev–Trinajstić information content (AvgIpc) is 2.17. The maximum absolute atomic E-state index is 11.5. The van der Waals surface area contributed by atoms with E-state index in [0.29, 0.717) is 0 Å². The molecule has 4 nitrogen and oxygen atoms in total. The van der Waals surface area contributed by atoms with Crippen LogP contribution in [0.15, 0.2) is 0 Å². The summed E-state index contributed by atoms with van der Waals surface area (Å²) in [4.78, 5) is 11.5. The predicted molar refractivity (Wildman–Crippen MR) is 48.0 cm³/mol. The number of nitrogens with one attached hydrogen (secondary N) is 3. The lowest BCUT2D eigenvalue weighted by Crippen LogP contribution is -2.65. The molecule has 1 atom stereocenters. The smallest absolute Gasteiger partial charge is 0.241 e. The molecule has 1 heterocycles. The van der Waals surface area contributed by atoms with E-state index in [0.717, 1.165) is 26.1 Å². The van der Waals surface area contributed by atoms with E-state index >= 15 is 0 Å². The molecular weight excluding hydrogens is 154 g/mol. The summed E-state index contributed by atoms with van der Waals surface area (Å²) in [5.41, 5.74) is -0.382. The van der Waals surface area contributed by atoms with E-state index in [2.05, 4.69) is 16.0 Å². The van der Waals surface area contributed by atoms with Crippen LogP contribution in [0, 0.1) is 0 Å².